The van der Waals surface area contributed by atoms with Gasteiger partial charge in [0.1, 0.15) is 0 Å². The average molecular weight is 340 g/mol. The third-order valence-electron chi connectivity index (χ3n) is 4.77. The third kappa shape index (κ3) is 9.37. The molecular formula is C21H38ClN. The highest BCUT2D eigenvalue weighted by atomic mass is 35.5. The van der Waals surface area contributed by atoms with Gasteiger partial charge in [-0.2, -0.15) is 0 Å². The summed E-state index contributed by atoms with van der Waals surface area (Å²) in [6.07, 6.45) is 12.6. The first kappa shape index (κ1) is 22.5. The molecule has 1 unspecified atom stereocenters. The quantitative estimate of drug-likeness (QED) is 0.349. The van der Waals surface area contributed by atoms with E-state index in [0.717, 1.165) is 13.1 Å². The first-order valence-corrected chi connectivity index (χ1v) is 9.62. The molecule has 0 aliphatic heterocycles. The van der Waals surface area contributed by atoms with Crippen molar-refractivity contribution in [2.24, 2.45) is 0 Å². The van der Waals surface area contributed by atoms with Crippen LogP contribution in [0.4, 0.5) is 0 Å². The van der Waals surface area contributed by atoms with Crippen LogP contribution >= 0.6 is 12.4 Å². The maximum Gasteiger partial charge on any atom is 0.0347 e. The molecule has 1 aromatic carbocycles. The van der Waals surface area contributed by atoms with Gasteiger partial charge in [-0.05, 0) is 25.1 Å². The number of hydrogen-bond acceptors (Lipinski definition) is 1. The molecule has 0 radical (unpaired) electrons. The van der Waals surface area contributed by atoms with E-state index >= 15 is 0 Å². The SMILES string of the molecule is CCCCCCCCCCC(c1ccccc1)N(CC)CC.Cl. The summed E-state index contributed by atoms with van der Waals surface area (Å²) in [5.74, 6) is 0. The van der Waals surface area contributed by atoms with Gasteiger partial charge in [-0.3, -0.25) is 4.90 Å². The Hall–Kier alpha value is -0.530. The van der Waals surface area contributed by atoms with Gasteiger partial charge in [0.05, 0.1) is 0 Å². The topological polar surface area (TPSA) is 3.24 Å². The van der Waals surface area contributed by atoms with E-state index < -0.39 is 0 Å². The molecule has 1 atom stereocenters. The fraction of sp³-hybridized carbons (Fsp3) is 0.714. The van der Waals surface area contributed by atoms with Gasteiger partial charge in [0.15, 0.2) is 0 Å². The molecule has 0 bridgehead atoms. The number of benzene rings is 1. The number of nitrogens with zero attached hydrogens (tertiary/aromatic N) is 1. The molecule has 0 aromatic heterocycles. The van der Waals surface area contributed by atoms with Gasteiger partial charge < -0.3 is 0 Å². The van der Waals surface area contributed by atoms with Crippen molar-refractivity contribution in [1.82, 2.24) is 4.90 Å². The molecule has 0 aliphatic carbocycles. The number of halogens is 1. The summed E-state index contributed by atoms with van der Waals surface area (Å²) < 4.78 is 0. The molecule has 2 heteroatoms. The van der Waals surface area contributed by atoms with Gasteiger partial charge in [-0.1, -0.05) is 102 Å². The Morgan fingerprint density at radius 3 is 1.78 bits per heavy atom. The largest absolute Gasteiger partial charge is 0.297 e. The Bertz CT molecular complexity index is 348. The van der Waals surface area contributed by atoms with Crippen molar-refractivity contribution in [1.29, 1.82) is 0 Å². The van der Waals surface area contributed by atoms with E-state index in [-0.39, 0.29) is 12.4 Å². The predicted octanol–water partition coefficient (Wildman–Crippen LogP) is 7.02. The zero-order valence-electron chi connectivity index (χ0n) is 15.6. The Kier molecular flexibility index (Phi) is 14.7. The van der Waals surface area contributed by atoms with Crippen LogP contribution in [0.1, 0.15) is 90.2 Å². The van der Waals surface area contributed by atoms with E-state index in [1.807, 2.05) is 0 Å². The molecule has 0 fully saturated rings. The monoisotopic (exact) mass is 339 g/mol. The van der Waals surface area contributed by atoms with E-state index in [1.54, 1.807) is 0 Å². The molecule has 1 nitrogen and oxygen atoms in total. The van der Waals surface area contributed by atoms with Crippen molar-refractivity contribution < 1.29 is 0 Å². The van der Waals surface area contributed by atoms with Gasteiger partial charge in [-0.15, -0.1) is 12.4 Å². The molecule has 134 valence electrons. The first-order valence-electron chi connectivity index (χ1n) is 9.62. The van der Waals surface area contributed by atoms with Crippen LogP contribution in [-0.2, 0) is 0 Å². The van der Waals surface area contributed by atoms with Crippen molar-refractivity contribution in [3.63, 3.8) is 0 Å². The molecule has 1 rings (SSSR count). The molecule has 0 saturated heterocycles. The van der Waals surface area contributed by atoms with Crippen LogP contribution < -0.4 is 0 Å². The second-order valence-electron chi connectivity index (χ2n) is 6.41. The second-order valence-corrected chi connectivity index (χ2v) is 6.41. The third-order valence-corrected chi connectivity index (χ3v) is 4.77. The minimum absolute atomic E-state index is 0. The fourth-order valence-corrected chi connectivity index (χ4v) is 3.37. The van der Waals surface area contributed by atoms with E-state index in [0.29, 0.717) is 6.04 Å². The van der Waals surface area contributed by atoms with Crippen molar-refractivity contribution >= 4 is 12.4 Å². The molecule has 23 heavy (non-hydrogen) atoms. The maximum absolute atomic E-state index is 2.61. The average Bonchev–Trinajstić information content (AvgIpc) is 2.57. The lowest BCUT2D eigenvalue weighted by molar-refractivity contribution is 0.204. The van der Waals surface area contributed by atoms with Gasteiger partial charge in [0.2, 0.25) is 0 Å². The smallest absolute Gasteiger partial charge is 0.0347 e. The highest BCUT2D eigenvalue weighted by Crippen LogP contribution is 2.26. The van der Waals surface area contributed by atoms with Gasteiger partial charge in [0.25, 0.3) is 0 Å². The molecule has 0 saturated carbocycles. The van der Waals surface area contributed by atoms with Crippen molar-refractivity contribution in [2.45, 2.75) is 84.6 Å². The molecule has 1 aromatic rings. The summed E-state index contributed by atoms with van der Waals surface area (Å²) in [7, 11) is 0. The second kappa shape index (κ2) is 15.0. The lowest BCUT2D eigenvalue weighted by atomic mass is 9.98. The van der Waals surface area contributed by atoms with Crippen LogP contribution in [0.3, 0.4) is 0 Å². The van der Waals surface area contributed by atoms with Crippen LogP contribution in [0.5, 0.6) is 0 Å². The van der Waals surface area contributed by atoms with Gasteiger partial charge in [0, 0.05) is 6.04 Å². The predicted molar refractivity (Wildman–Crippen MR) is 107 cm³/mol. The van der Waals surface area contributed by atoms with Crippen LogP contribution in [-0.4, -0.2) is 18.0 Å². The standard InChI is InChI=1S/C21H37N.ClH/c1-4-7-8-9-10-11-12-16-19-21(22(5-2)6-3)20-17-14-13-15-18-20;/h13-15,17-18,21H,4-12,16,19H2,1-3H3;1H. The zero-order valence-corrected chi connectivity index (χ0v) is 16.4. The van der Waals surface area contributed by atoms with E-state index in [1.165, 1.54) is 63.4 Å². The summed E-state index contributed by atoms with van der Waals surface area (Å²) >= 11 is 0. The lowest BCUT2D eigenvalue weighted by Crippen LogP contribution is -2.28. The molecule has 0 N–H and O–H groups in total. The molecular weight excluding hydrogens is 302 g/mol. The lowest BCUT2D eigenvalue weighted by Gasteiger charge is -2.30. The minimum Gasteiger partial charge on any atom is -0.297 e. The fourth-order valence-electron chi connectivity index (χ4n) is 3.37. The Morgan fingerprint density at radius 2 is 1.26 bits per heavy atom. The summed E-state index contributed by atoms with van der Waals surface area (Å²) in [6.45, 7) is 9.15. The number of hydrogen-bond donors (Lipinski definition) is 0. The molecule has 0 aliphatic rings. The summed E-state index contributed by atoms with van der Waals surface area (Å²) in [5, 5.41) is 0. The Morgan fingerprint density at radius 1 is 0.739 bits per heavy atom. The Labute approximate surface area is 151 Å². The molecule has 0 amide bonds. The van der Waals surface area contributed by atoms with Gasteiger partial charge in [-0.25, -0.2) is 0 Å². The van der Waals surface area contributed by atoms with Crippen LogP contribution in [0.15, 0.2) is 30.3 Å². The van der Waals surface area contributed by atoms with E-state index in [4.69, 9.17) is 0 Å². The highest BCUT2D eigenvalue weighted by Gasteiger charge is 2.16. The van der Waals surface area contributed by atoms with Crippen molar-refractivity contribution in [3.05, 3.63) is 35.9 Å². The van der Waals surface area contributed by atoms with E-state index in [9.17, 15) is 0 Å². The molecule has 0 spiro atoms. The van der Waals surface area contributed by atoms with Crippen molar-refractivity contribution in [2.75, 3.05) is 13.1 Å². The normalized spacial score (nSPS) is 12.2. The summed E-state index contributed by atoms with van der Waals surface area (Å²) in [4.78, 5) is 2.61. The Balaban J connectivity index is 0.00000484. The van der Waals surface area contributed by atoms with Crippen molar-refractivity contribution in [3.8, 4) is 0 Å². The number of unbranched alkanes of at least 4 members (excludes halogenated alkanes) is 7. The summed E-state index contributed by atoms with van der Waals surface area (Å²) in [6, 6.07) is 11.7. The first-order chi connectivity index (χ1) is 10.8. The van der Waals surface area contributed by atoms with Gasteiger partial charge >= 0.3 is 0 Å². The summed E-state index contributed by atoms with van der Waals surface area (Å²) in [5.41, 5.74) is 1.49. The number of rotatable bonds is 13. The van der Waals surface area contributed by atoms with Crippen LogP contribution in [0.2, 0.25) is 0 Å². The van der Waals surface area contributed by atoms with Crippen LogP contribution in [0, 0.1) is 0 Å². The van der Waals surface area contributed by atoms with E-state index in [2.05, 4.69) is 56.0 Å². The minimum atomic E-state index is 0. The molecule has 0 heterocycles. The zero-order chi connectivity index (χ0) is 16.0. The van der Waals surface area contributed by atoms with Crippen LogP contribution in [0.25, 0.3) is 0 Å². The maximum atomic E-state index is 2.61. The highest BCUT2D eigenvalue weighted by molar-refractivity contribution is 5.85.